The summed E-state index contributed by atoms with van der Waals surface area (Å²) in [4.78, 5) is 11.6. The summed E-state index contributed by atoms with van der Waals surface area (Å²) in [6.07, 6.45) is 5.45. The Bertz CT molecular complexity index is 842. The number of piperidine rings is 1. The quantitative estimate of drug-likeness (QED) is 0.721. The minimum absolute atomic E-state index is 0.210. The summed E-state index contributed by atoms with van der Waals surface area (Å²) in [6.45, 7) is 1.06. The molecule has 4 nitrogen and oxygen atoms in total. The predicted molar refractivity (Wildman–Crippen MR) is 88.4 cm³/mol. The fraction of sp³-hybridized carbons (Fsp3) is 0.333. The molecule has 2 aromatic heterocycles. The molecule has 0 bridgehead atoms. The Labute approximate surface area is 134 Å². The summed E-state index contributed by atoms with van der Waals surface area (Å²) >= 11 is 0. The van der Waals surface area contributed by atoms with Crippen LogP contribution >= 0.6 is 0 Å². The van der Waals surface area contributed by atoms with Crippen LogP contribution in [0.2, 0.25) is 0 Å². The topological polar surface area (TPSA) is 34.0 Å². The van der Waals surface area contributed by atoms with Crippen LogP contribution in [0.1, 0.15) is 25.4 Å². The van der Waals surface area contributed by atoms with Crippen molar-refractivity contribution in [3.63, 3.8) is 0 Å². The van der Waals surface area contributed by atoms with E-state index in [1.165, 1.54) is 18.9 Å². The smallest absolute Gasteiger partial charge is 0.161 e. The molecule has 0 saturated carbocycles. The number of aromatic nitrogens is 3. The van der Waals surface area contributed by atoms with Crippen molar-refractivity contribution in [3.05, 3.63) is 48.4 Å². The Morgan fingerprint density at radius 1 is 1.17 bits per heavy atom. The van der Waals surface area contributed by atoms with E-state index in [9.17, 15) is 4.39 Å². The number of halogens is 1. The Kier molecular flexibility index (Phi) is 3.58. The summed E-state index contributed by atoms with van der Waals surface area (Å²) in [5, 5.41) is 0. The first kappa shape index (κ1) is 14.3. The predicted octanol–water partition coefficient (Wildman–Crippen LogP) is 3.85. The van der Waals surface area contributed by atoms with E-state index in [0.29, 0.717) is 0 Å². The first-order valence-corrected chi connectivity index (χ1v) is 8.03. The number of hydrogen-bond acceptors (Lipinski definition) is 3. The summed E-state index contributed by atoms with van der Waals surface area (Å²) in [6, 6.07) is 10.5. The molecule has 0 spiro atoms. The third-order valence-electron chi connectivity index (χ3n) is 4.56. The number of rotatable bonds is 2. The van der Waals surface area contributed by atoms with Crippen LogP contribution in [0.25, 0.3) is 22.6 Å². The summed E-state index contributed by atoms with van der Waals surface area (Å²) in [5.41, 5.74) is 2.51. The second-order valence-corrected chi connectivity index (χ2v) is 6.12. The van der Waals surface area contributed by atoms with Crippen molar-refractivity contribution in [2.45, 2.75) is 25.4 Å². The monoisotopic (exact) mass is 310 g/mol. The first-order valence-electron chi connectivity index (χ1n) is 8.03. The van der Waals surface area contributed by atoms with E-state index >= 15 is 0 Å². The molecule has 1 aromatic carbocycles. The molecule has 118 valence electrons. The Morgan fingerprint density at radius 2 is 2.09 bits per heavy atom. The fourth-order valence-corrected chi connectivity index (χ4v) is 3.43. The largest absolute Gasteiger partial charge is 0.292 e. The van der Waals surface area contributed by atoms with Gasteiger partial charge in [0.25, 0.3) is 0 Å². The van der Waals surface area contributed by atoms with Crippen LogP contribution in [0.4, 0.5) is 4.39 Å². The SMILES string of the molecule is CN1CCCCC1n1c(-c2cccc(F)c2)nc2cccnc21. The number of pyridine rings is 1. The maximum absolute atomic E-state index is 13.7. The van der Waals surface area contributed by atoms with Gasteiger partial charge in [0.1, 0.15) is 17.2 Å². The number of fused-ring (bicyclic) bond motifs is 1. The molecule has 1 atom stereocenters. The molecular weight excluding hydrogens is 291 g/mol. The summed E-state index contributed by atoms with van der Waals surface area (Å²) < 4.78 is 15.9. The standard InChI is InChI=1S/C18H19FN4/c1-22-11-3-2-9-16(22)23-17(13-6-4-7-14(19)12-13)21-15-8-5-10-20-18(15)23/h4-8,10,12,16H,2-3,9,11H2,1H3. The number of hydrogen-bond donors (Lipinski definition) is 0. The molecule has 0 radical (unpaired) electrons. The molecule has 1 fully saturated rings. The van der Waals surface area contributed by atoms with E-state index in [2.05, 4.69) is 21.5 Å². The number of imidazole rings is 1. The van der Waals surface area contributed by atoms with Crippen molar-refractivity contribution in [1.29, 1.82) is 0 Å². The zero-order chi connectivity index (χ0) is 15.8. The summed E-state index contributed by atoms with van der Waals surface area (Å²) in [7, 11) is 2.13. The normalized spacial score (nSPS) is 19.3. The van der Waals surface area contributed by atoms with Gasteiger partial charge in [-0.05, 0) is 57.1 Å². The van der Waals surface area contributed by atoms with Gasteiger partial charge in [-0.15, -0.1) is 0 Å². The molecule has 1 aliphatic heterocycles. The maximum atomic E-state index is 13.7. The molecule has 1 aliphatic rings. The van der Waals surface area contributed by atoms with E-state index < -0.39 is 0 Å². The van der Waals surface area contributed by atoms with E-state index in [4.69, 9.17) is 4.98 Å². The van der Waals surface area contributed by atoms with Crippen LogP contribution in [0, 0.1) is 5.82 Å². The second-order valence-electron chi connectivity index (χ2n) is 6.12. The lowest BCUT2D eigenvalue weighted by Gasteiger charge is -2.34. The molecule has 1 unspecified atom stereocenters. The molecule has 3 heterocycles. The average Bonchev–Trinajstić information content (AvgIpc) is 2.95. The van der Waals surface area contributed by atoms with Gasteiger partial charge in [-0.2, -0.15) is 0 Å². The highest BCUT2D eigenvalue weighted by molar-refractivity contribution is 5.77. The van der Waals surface area contributed by atoms with Crippen LogP contribution in [0.5, 0.6) is 0 Å². The van der Waals surface area contributed by atoms with Gasteiger partial charge >= 0.3 is 0 Å². The Hall–Kier alpha value is -2.27. The van der Waals surface area contributed by atoms with Crippen LogP contribution in [0.3, 0.4) is 0 Å². The Balaban J connectivity index is 1.94. The van der Waals surface area contributed by atoms with E-state index in [0.717, 1.165) is 35.5 Å². The van der Waals surface area contributed by atoms with Crippen LogP contribution < -0.4 is 0 Å². The zero-order valence-corrected chi connectivity index (χ0v) is 13.1. The number of nitrogens with zero attached hydrogens (tertiary/aromatic N) is 4. The highest BCUT2D eigenvalue weighted by atomic mass is 19.1. The second kappa shape index (κ2) is 5.74. The fourth-order valence-electron chi connectivity index (χ4n) is 3.43. The number of likely N-dealkylation sites (tertiary alicyclic amines) is 1. The molecule has 5 heteroatoms. The van der Waals surface area contributed by atoms with Gasteiger partial charge in [0.2, 0.25) is 0 Å². The van der Waals surface area contributed by atoms with Gasteiger partial charge < -0.3 is 0 Å². The third kappa shape index (κ3) is 2.51. The van der Waals surface area contributed by atoms with Crippen molar-refractivity contribution in [2.24, 2.45) is 0 Å². The van der Waals surface area contributed by atoms with Crippen LogP contribution in [0.15, 0.2) is 42.6 Å². The minimum atomic E-state index is -0.244. The van der Waals surface area contributed by atoms with Gasteiger partial charge in [0.05, 0.1) is 6.17 Å². The van der Waals surface area contributed by atoms with Crippen molar-refractivity contribution in [3.8, 4) is 11.4 Å². The van der Waals surface area contributed by atoms with Crippen LogP contribution in [-0.2, 0) is 0 Å². The summed E-state index contributed by atoms with van der Waals surface area (Å²) in [5.74, 6) is 0.544. The average molecular weight is 310 g/mol. The molecule has 4 rings (SSSR count). The van der Waals surface area contributed by atoms with Crippen molar-refractivity contribution >= 4 is 11.2 Å². The Morgan fingerprint density at radius 3 is 2.91 bits per heavy atom. The minimum Gasteiger partial charge on any atom is -0.292 e. The van der Waals surface area contributed by atoms with E-state index in [1.807, 2.05) is 18.2 Å². The molecule has 0 amide bonds. The molecule has 0 N–H and O–H groups in total. The van der Waals surface area contributed by atoms with Gasteiger partial charge in [0.15, 0.2) is 5.65 Å². The van der Waals surface area contributed by atoms with Gasteiger partial charge in [0, 0.05) is 11.8 Å². The first-order chi connectivity index (χ1) is 11.2. The molecule has 23 heavy (non-hydrogen) atoms. The van der Waals surface area contributed by atoms with Gasteiger partial charge in [-0.25, -0.2) is 14.4 Å². The maximum Gasteiger partial charge on any atom is 0.161 e. The molecule has 0 aliphatic carbocycles. The molecular formula is C18H19FN4. The third-order valence-corrected chi connectivity index (χ3v) is 4.56. The van der Waals surface area contributed by atoms with Gasteiger partial charge in [-0.1, -0.05) is 12.1 Å². The molecule has 3 aromatic rings. The lowest BCUT2D eigenvalue weighted by atomic mass is 10.1. The zero-order valence-electron chi connectivity index (χ0n) is 13.1. The lowest BCUT2D eigenvalue weighted by molar-refractivity contribution is 0.131. The van der Waals surface area contributed by atoms with Crippen LogP contribution in [-0.4, -0.2) is 33.0 Å². The lowest BCUT2D eigenvalue weighted by Crippen LogP contribution is -2.34. The highest BCUT2D eigenvalue weighted by Crippen LogP contribution is 2.33. The number of benzene rings is 1. The molecule has 1 saturated heterocycles. The van der Waals surface area contributed by atoms with Crippen molar-refractivity contribution in [1.82, 2.24) is 19.4 Å². The highest BCUT2D eigenvalue weighted by Gasteiger charge is 2.26. The van der Waals surface area contributed by atoms with Crippen molar-refractivity contribution in [2.75, 3.05) is 13.6 Å². The van der Waals surface area contributed by atoms with Gasteiger partial charge in [-0.3, -0.25) is 9.47 Å². The van der Waals surface area contributed by atoms with E-state index in [-0.39, 0.29) is 12.0 Å². The van der Waals surface area contributed by atoms with E-state index in [1.54, 1.807) is 18.3 Å². The van der Waals surface area contributed by atoms with Crippen molar-refractivity contribution < 1.29 is 4.39 Å².